The van der Waals surface area contributed by atoms with Gasteiger partial charge < -0.3 is 10.2 Å². The molecule has 16 heavy (non-hydrogen) atoms. The van der Waals surface area contributed by atoms with Crippen molar-refractivity contribution in [2.75, 3.05) is 5.73 Å². The predicted molar refractivity (Wildman–Crippen MR) is 64.1 cm³/mol. The van der Waals surface area contributed by atoms with Crippen molar-refractivity contribution < 1.29 is 4.42 Å². The van der Waals surface area contributed by atoms with E-state index in [0.29, 0.717) is 5.82 Å². The standard InChI is InChI=1S/C12H17N3O/c1-8-9(5-6-16-8)10-7-11(13)15(14-10)12(2,3)4/h5-7H,13H2,1-4H3. The second-order valence-corrected chi connectivity index (χ2v) is 4.93. The normalized spacial score (nSPS) is 12.0. The summed E-state index contributed by atoms with van der Waals surface area (Å²) in [5, 5.41) is 4.52. The summed E-state index contributed by atoms with van der Waals surface area (Å²) in [5.41, 5.74) is 7.70. The average Bonchev–Trinajstić information content (AvgIpc) is 2.70. The van der Waals surface area contributed by atoms with E-state index in [1.807, 2.05) is 23.7 Å². The van der Waals surface area contributed by atoms with Crippen LogP contribution in [-0.2, 0) is 5.54 Å². The van der Waals surface area contributed by atoms with Gasteiger partial charge in [0.05, 0.1) is 17.5 Å². The Balaban J connectivity index is 2.51. The minimum atomic E-state index is -0.111. The third kappa shape index (κ3) is 1.71. The van der Waals surface area contributed by atoms with Gasteiger partial charge in [0.2, 0.25) is 0 Å². The molecule has 0 aliphatic heterocycles. The third-order valence-electron chi connectivity index (χ3n) is 2.51. The Morgan fingerprint density at radius 1 is 1.38 bits per heavy atom. The molecule has 0 saturated heterocycles. The monoisotopic (exact) mass is 219 g/mol. The summed E-state index contributed by atoms with van der Waals surface area (Å²) in [6.07, 6.45) is 1.66. The zero-order valence-electron chi connectivity index (χ0n) is 10.1. The minimum Gasteiger partial charge on any atom is -0.469 e. The Bertz CT molecular complexity index is 503. The second-order valence-electron chi connectivity index (χ2n) is 4.93. The van der Waals surface area contributed by atoms with Gasteiger partial charge in [-0.25, -0.2) is 4.68 Å². The van der Waals surface area contributed by atoms with Crippen LogP contribution in [0, 0.1) is 6.92 Å². The molecule has 0 aromatic carbocycles. The van der Waals surface area contributed by atoms with Crippen LogP contribution in [0.25, 0.3) is 11.3 Å². The SMILES string of the molecule is Cc1occc1-c1cc(N)n(C(C)(C)C)n1. The van der Waals surface area contributed by atoms with Gasteiger partial charge in [-0.1, -0.05) is 0 Å². The second kappa shape index (κ2) is 3.40. The van der Waals surface area contributed by atoms with Crippen LogP contribution in [0.5, 0.6) is 0 Å². The molecular weight excluding hydrogens is 202 g/mol. The minimum absolute atomic E-state index is 0.111. The molecule has 4 heteroatoms. The first-order chi connectivity index (χ1) is 7.39. The highest BCUT2D eigenvalue weighted by molar-refractivity contribution is 5.64. The average molecular weight is 219 g/mol. The van der Waals surface area contributed by atoms with Crippen LogP contribution in [0.2, 0.25) is 0 Å². The Labute approximate surface area is 95.1 Å². The molecule has 0 bridgehead atoms. The molecule has 0 radical (unpaired) electrons. The Morgan fingerprint density at radius 2 is 2.06 bits per heavy atom. The maximum absolute atomic E-state index is 5.95. The van der Waals surface area contributed by atoms with E-state index < -0.39 is 0 Å². The van der Waals surface area contributed by atoms with E-state index in [9.17, 15) is 0 Å². The van der Waals surface area contributed by atoms with E-state index in [1.54, 1.807) is 6.26 Å². The molecule has 2 aromatic rings. The van der Waals surface area contributed by atoms with Crippen molar-refractivity contribution in [3.63, 3.8) is 0 Å². The number of anilines is 1. The Hall–Kier alpha value is -1.71. The number of nitrogen functional groups attached to an aromatic ring is 1. The van der Waals surface area contributed by atoms with Gasteiger partial charge in [-0.05, 0) is 33.8 Å². The van der Waals surface area contributed by atoms with Gasteiger partial charge in [0.1, 0.15) is 11.6 Å². The summed E-state index contributed by atoms with van der Waals surface area (Å²) in [6, 6.07) is 3.78. The lowest BCUT2D eigenvalue weighted by Gasteiger charge is -2.20. The Morgan fingerprint density at radius 3 is 2.50 bits per heavy atom. The van der Waals surface area contributed by atoms with Crippen molar-refractivity contribution in [3.8, 4) is 11.3 Å². The van der Waals surface area contributed by atoms with Crippen LogP contribution < -0.4 is 5.73 Å². The lowest BCUT2D eigenvalue weighted by molar-refractivity contribution is 0.362. The summed E-state index contributed by atoms with van der Waals surface area (Å²) in [6.45, 7) is 8.13. The largest absolute Gasteiger partial charge is 0.469 e. The molecular formula is C12H17N3O. The maximum atomic E-state index is 5.95. The van der Waals surface area contributed by atoms with Crippen LogP contribution in [-0.4, -0.2) is 9.78 Å². The highest BCUT2D eigenvalue weighted by Crippen LogP contribution is 2.27. The van der Waals surface area contributed by atoms with Crippen molar-refractivity contribution in [2.45, 2.75) is 33.2 Å². The summed E-state index contributed by atoms with van der Waals surface area (Å²) in [4.78, 5) is 0. The number of nitrogens with two attached hydrogens (primary N) is 1. The van der Waals surface area contributed by atoms with Gasteiger partial charge in [0, 0.05) is 11.6 Å². The summed E-state index contributed by atoms with van der Waals surface area (Å²) >= 11 is 0. The molecule has 0 saturated carbocycles. The van der Waals surface area contributed by atoms with E-state index in [1.165, 1.54) is 0 Å². The number of hydrogen-bond donors (Lipinski definition) is 1. The van der Waals surface area contributed by atoms with Gasteiger partial charge in [0.25, 0.3) is 0 Å². The number of rotatable bonds is 1. The van der Waals surface area contributed by atoms with E-state index >= 15 is 0 Å². The first-order valence-corrected chi connectivity index (χ1v) is 5.30. The van der Waals surface area contributed by atoms with Crippen LogP contribution >= 0.6 is 0 Å². The Kier molecular flexibility index (Phi) is 2.30. The van der Waals surface area contributed by atoms with Crippen molar-refractivity contribution in [2.24, 2.45) is 0 Å². The fourth-order valence-electron chi connectivity index (χ4n) is 1.72. The van der Waals surface area contributed by atoms with Crippen LogP contribution in [0.3, 0.4) is 0 Å². The lowest BCUT2D eigenvalue weighted by Crippen LogP contribution is -2.24. The molecule has 2 rings (SSSR count). The van der Waals surface area contributed by atoms with E-state index in [2.05, 4.69) is 25.9 Å². The predicted octanol–water partition coefficient (Wildman–Crippen LogP) is 2.79. The number of aromatic nitrogens is 2. The molecule has 0 atom stereocenters. The summed E-state index contributed by atoms with van der Waals surface area (Å²) < 4.78 is 7.09. The lowest BCUT2D eigenvalue weighted by atomic mass is 10.1. The quantitative estimate of drug-likeness (QED) is 0.802. The molecule has 4 nitrogen and oxygen atoms in total. The van der Waals surface area contributed by atoms with E-state index in [4.69, 9.17) is 10.2 Å². The highest BCUT2D eigenvalue weighted by Gasteiger charge is 2.19. The zero-order valence-corrected chi connectivity index (χ0v) is 10.1. The van der Waals surface area contributed by atoms with Crippen LogP contribution in [0.1, 0.15) is 26.5 Å². The van der Waals surface area contributed by atoms with Gasteiger partial charge in [-0.15, -0.1) is 0 Å². The first-order valence-electron chi connectivity index (χ1n) is 5.30. The molecule has 2 N–H and O–H groups in total. The van der Waals surface area contributed by atoms with E-state index in [-0.39, 0.29) is 5.54 Å². The molecule has 0 aliphatic carbocycles. The fraction of sp³-hybridized carbons (Fsp3) is 0.417. The van der Waals surface area contributed by atoms with Gasteiger partial charge >= 0.3 is 0 Å². The van der Waals surface area contributed by atoms with Crippen molar-refractivity contribution in [1.82, 2.24) is 9.78 Å². The molecule has 0 unspecified atom stereocenters. The summed E-state index contributed by atoms with van der Waals surface area (Å²) in [5.74, 6) is 1.53. The number of hydrogen-bond acceptors (Lipinski definition) is 3. The van der Waals surface area contributed by atoms with Crippen LogP contribution in [0.15, 0.2) is 22.8 Å². The molecule has 0 amide bonds. The van der Waals surface area contributed by atoms with Crippen molar-refractivity contribution >= 4 is 5.82 Å². The van der Waals surface area contributed by atoms with Gasteiger partial charge in [-0.2, -0.15) is 5.10 Å². The number of aryl methyl sites for hydroxylation is 1. The number of nitrogens with zero attached hydrogens (tertiary/aromatic N) is 2. The van der Waals surface area contributed by atoms with E-state index in [0.717, 1.165) is 17.0 Å². The molecule has 2 aromatic heterocycles. The third-order valence-corrected chi connectivity index (χ3v) is 2.51. The number of furan rings is 1. The van der Waals surface area contributed by atoms with Gasteiger partial charge in [-0.3, -0.25) is 0 Å². The first kappa shape index (κ1) is 10.8. The van der Waals surface area contributed by atoms with Crippen molar-refractivity contribution in [3.05, 3.63) is 24.2 Å². The molecule has 0 aliphatic rings. The maximum Gasteiger partial charge on any atom is 0.122 e. The van der Waals surface area contributed by atoms with Crippen molar-refractivity contribution in [1.29, 1.82) is 0 Å². The van der Waals surface area contributed by atoms with Crippen LogP contribution in [0.4, 0.5) is 5.82 Å². The molecule has 0 fully saturated rings. The molecule has 2 heterocycles. The molecule has 86 valence electrons. The zero-order chi connectivity index (χ0) is 11.9. The topological polar surface area (TPSA) is 57.0 Å². The van der Waals surface area contributed by atoms with Gasteiger partial charge in [0.15, 0.2) is 0 Å². The molecule has 0 spiro atoms. The highest BCUT2D eigenvalue weighted by atomic mass is 16.3. The fourth-order valence-corrected chi connectivity index (χ4v) is 1.72. The summed E-state index contributed by atoms with van der Waals surface area (Å²) in [7, 11) is 0. The smallest absolute Gasteiger partial charge is 0.122 e.